The summed E-state index contributed by atoms with van der Waals surface area (Å²) in [5.74, 6) is -0.460. The first-order valence-electron chi connectivity index (χ1n) is 11.0. The highest BCUT2D eigenvalue weighted by Gasteiger charge is 2.14. The Morgan fingerprint density at radius 1 is 1.06 bits per heavy atom. The van der Waals surface area contributed by atoms with Crippen LogP contribution >= 0.6 is 15.9 Å². The van der Waals surface area contributed by atoms with E-state index in [1.807, 2.05) is 43.3 Å². The average molecular weight is 529 g/mol. The number of carboxylic acids is 1. The minimum absolute atomic E-state index is 0.239. The smallest absolute Gasteiger partial charge is 0.335 e. The first kappa shape index (κ1) is 22.7. The molecule has 0 unspecified atom stereocenters. The topological polar surface area (TPSA) is 89.5 Å². The third-order valence-electron chi connectivity index (χ3n) is 6.07. The number of aromatic carboxylic acids is 1. The van der Waals surface area contributed by atoms with E-state index in [0.29, 0.717) is 23.3 Å². The van der Waals surface area contributed by atoms with E-state index in [0.717, 1.165) is 32.2 Å². The maximum Gasteiger partial charge on any atom is 0.335 e. The fourth-order valence-electron chi connectivity index (χ4n) is 4.32. The molecule has 8 heteroatoms. The predicted octanol–water partition coefficient (Wildman–Crippen LogP) is 5.36. The molecule has 2 heterocycles. The predicted molar refractivity (Wildman–Crippen MR) is 141 cm³/mol. The molecule has 3 aromatic carbocycles. The number of rotatable bonds is 5. The lowest BCUT2D eigenvalue weighted by atomic mass is 10.1. The standard InChI is InChI=1S/C27H21BrN4O3/c1-16-23(14-29-32-17(2)30-24-11-10-20(28)13-22(24)26(32)33)21-8-3-4-9-25(21)31(16)15-18-6-5-7-19(12-18)27(34)35/h3-14H,15H2,1-2H3,(H,34,35). The molecule has 0 saturated carbocycles. The van der Waals surface area contributed by atoms with Gasteiger partial charge in [-0.1, -0.05) is 46.3 Å². The van der Waals surface area contributed by atoms with Crippen LogP contribution in [0.3, 0.4) is 0 Å². The fraction of sp³-hybridized carbons (Fsp3) is 0.111. The molecular formula is C27H21BrN4O3. The highest BCUT2D eigenvalue weighted by Crippen LogP contribution is 2.26. The third-order valence-corrected chi connectivity index (χ3v) is 6.56. The van der Waals surface area contributed by atoms with Crippen molar-refractivity contribution in [3.05, 3.63) is 110 Å². The molecule has 0 aliphatic rings. The van der Waals surface area contributed by atoms with Crippen molar-refractivity contribution in [3.63, 3.8) is 0 Å². The number of hydrogen-bond donors (Lipinski definition) is 1. The molecule has 7 nitrogen and oxygen atoms in total. The van der Waals surface area contributed by atoms with Gasteiger partial charge in [0, 0.05) is 33.2 Å². The van der Waals surface area contributed by atoms with Gasteiger partial charge in [0.05, 0.1) is 22.7 Å². The van der Waals surface area contributed by atoms with Crippen LogP contribution in [0, 0.1) is 13.8 Å². The summed E-state index contributed by atoms with van der Waals surface area (Å²) < 4.78 is 4.24. The van der Waals surface area contributed by atoms with E-state index in [4.69, 9.17) is 0 Å². The number of halogens is 1. The highest BCUT2D eigenvalue weighted by molar-refractivity contribution is 9.10. The molecule has 174 valence electrons. The van der Waals surface area contributed by atoms with Gasteiger partial charge in [-0.25, -0.2) is 9.78 Å². The summed E-state index contributed by atoms with van der Waals surface area (Å²) in [7, 11) is 0. The van der Waals surface area contributed by atoms with Crippen LogP contribution < -0.4 is 5.56 Å². The van der Waals surface area contributed by atoms with Crippen LogP contribution in [0.2, 0.25) is 0 Å². The lowest BCUT2D eigenvalue weighted by Gasteiger charge is -2.09. The van der Waals surface area contributed by atoms with Crippen molar-refractivity contribution in [1.29, 1.82) is 0 Å². The number of aryl methyl sites for hydroxylation is 1. The quantitative estimate of drug-likeness (QED) is 0.311. The average Bonchev–Trinajstić information content (AvgIpc) is 3.10. The first-order chi connectivity index (χ1) is 16.8. The number of carbonyl (C=O) groups is 1. The first-order valence-corrected chi connectivity index (χ1v) is 11.8. The highest BCUT2D eigenvalue weighted by atomic mass is 79.9. The largest absolute Gasteiger partial charge is 0.478 e. The Hall–Kier alpha value is -4.04. The van der Waals surface area contributed by atoms with Gasteiger partial charge < -0.3 is 9.67 Å². The SMILES string of the molecule is Cc1nc2ccc(Br)cc2c(=O)n1N=Cc1c(C)n(Cc2cccc(C(=O)O)c2)c2ccccc12. The van der Waals surface area contributed by atoms with Crippen LogP contribution in [0.4, 0.5) is 0 Å². The van der Waals surface area contributed by atoms with E-state index in [2.05, 4.69) is 30.6 Å². The Morgan fingerprint density at radius 2 is 1.86 bits per heavy atom. The molecule has 5 aromatic rings. The molecule has 0 bridgehead atoms. The van der Waals surface area contributed by atoms with Gasteiger partial charge in [0.2, 0.25) is 0 Å². The van der Waals surface area contributed by atoms with Gasteiger partial charge >= 0.3 is 5.97 Å². The number of benzene rings is 3. The molecule has 0 aliphatic heterocycles. The normalized spacial score (nSPS) is 11.6. The van der Waals surface area contributed by atoms with Gasteiger partial charge in [-0.15, -0.1) is 0 Å². The van der Waals surface area contributed by atoms with Crippen LogP contribution in [0.5, 0.6) is 0 Å². The molecule has 2 aromatic heterocycles. The second kappa shape index (κ2) is 8.96. The van der Waals surface area contributed by atoms with Crippen molar-refractivity contribution in [2.75, 3.05) is 0 Å². The number of hydrogen-bond acceptors (Lipinski definition) is 4. The maximum absolute atomic E-state index is 13.1. The lowest BCUT2D eigenvalue weighted by molar-refractivity contribution is 0.0696. The molecule has 35 heavy (non-hydrogen) atoms. The van der Waals surface area contributed by atoms with E-state index in [1.165, 1.54) is 4.68 Å². The van der Waals surface area contributed by atoms with Crippen molar-refractivity contribution in [1.82, 2.24) is 14.2 Å². The van der Waals surface area contributed by atoms with Crippen molar-refractivity contribution >= 4 is 49.9 Å². The molecular weight excluding hydrogens is 508 g/mol. The van der Waals surface area contributed by atoms with Crippen LogP contribution in [-0.2, 0) is 6.54 Å². The van der Waals surface area contributed by atoms with Gasteiger partial charge in [-0.05, 0) is 55.8 Å². The van der Waals surface area contributed by atoms with Crippen molar-refractivity contribution in [3.8, 4) is 0 Å². The number of fused-ring (bicyclic) bond motifs is 2. The Balaban J connectivity index is 1.61. The Kier molecular flexibility index (Phi) is 5.82. The van der Waals surface area contributed by atoms with Gasteiger partial charge in [0.15, 0.2) is 0 Å². The Morgan fingerprint density at radius 3 is 2.66 bits per heavy atom. The molecule has 5 rings (SSSR count). The Labute approximate surface area is 209 Å². The molecule has 1 N–H and O–H groups in total. The van der Waals surface area contributed by atoms with E-state index >= 15 is 0 Å². The second-order valence-corrected chi connectivity index (χ2v) is 9.21. The zero-order valence-electron chi connectivity index (χ0n) is 19.1. The van der Waals surface area contributed by atoms with Crippen LogP contribution in [0.1, 0.15) is 33.0 Å². The summed E-state index contributed by atoms with van der Waals surface area (Å²) in [4.78, 5) is 29.1. The van der Waals surface area contributed by atoms with Gasteiger partial charge in [-0.3, -0.25) is 4.79 Å². The molecule has 0 saturated heterocycles. The summed E-state index contributed by atoms with van der Waals surface area (Å²) in [5, 5.41) is 15.4. The van der Waals surface area contributed by atoms with Crippen LogP contribution in [0.15, 0.2) is 81.1 Å². The summed E-state index contributed by atoms with van der Waals surface area (Å²) >= 11 is 3.41. The maximum atomic E-state index is 13.1. The number of para-hydroxylation sites is 1. The van der Waals surface area contributed by atoms with Gasteiger partial charge in [0.1, 0.15) is 5.82 Å². The zero-order valence-corrected chi connectivity index (χ0v) is 20.7. The van der Waals surface area contributed by atoms with E-state index in [-0.39, 0.29) is 11.1 Å². The molecule has 0 spiro atoms. The molecule has 0 aliphatic carbocycles. The molecule has 0 radical (unpaired) electrons. The summed E-state index contributed by atoms with van der Waals surface area (Å²) in [6.07, 6.45) is 1.70. The number of nitrogens with zero attached hydrogens (tertiary/aromatic N) is 4. The third kappa shape index (κ3) is 4.17. The monoisotopic (exact) mass is 528 g/mol. The van der Waals surface area contributed by atoms with Crippen LogP contribution in [-0.4, -0.2) is 31.5 Å². The summed E-state index contributed by atoms with van der Waals surface area (Å²) in [5.41, 5.74) is 4.36. The van der Waals surface area contributed by atoms with E-state index < -0.39 is 5.97 Å². The minimum atomic E-state index is -0.953. The Bertz CT molecular complexity index is 1720. The number of carboxylic acid groups (broad SMARTS) is 1. The summed E-state index contributed by atoms with van der Waals surface area (Å²) in [6.45, 7) is 4.26. The molecule has 0 atom stereocenters. The van der Waals surface area contributed by atoms with Crippen molar-refractivity contribution in [2.45, 2.75) is 20.4 Å². The van der Waals surface area contributed by atoms with Crippen LogP contribution in [0.25, 0.3) is 21.8 Å². The fourth-order valence-corrected chi connectivity index (χ4v) is 4.68. The van der Waals surface area contributed by atoms with E-state index in [9.17, 15) is 14.7 Å². The van der Waals surface area contributed by atoms with Gasteiger partial charge in [0.25, 0.3) is 5.56 Å². The molecule has 0 fully saturated rings. The summed E-state index contributed by atoms with van der Waals surface area (Å²) in [6, 6.07) is 20.3. The van der Waals surface area contributed by atoms with Crippen molar-refractivity contribution < 1.29 is 9.90 Å². The zero-order chi connectivity index (χ0) is 24.7. The van der Waals surface area contributed by atoms with E-state index in [1.54, 1.807) is 43.5 Å². The lowest BCUT2D eigenvalue weighted by Crippen LogP contribution is -2.20. The van der Waals surface area contributed by atoms with Gasteiger partial charge in [-0.2, -0.15) is 9.78 Å². The molecule has 0 amide bonds. The number of aromatic nitrogens is 3. The second-order valence-electron chi connectivity index (χ2n) is 8.29. The van der Waals surface area contributed by atoms with Crippen molar-refractivity contribution in [2.24, 2.45) is 5.10 Å². The minimum Gasteiger partial charge on any atom is -0.478 e.